The lowest BCUT2D eigenvalue weighted by molar-refractivity contribution is 0.249. The molecule has 6 nitrogen and oxygen atoms in total. The van der Waals surface area contributed by atoms with Crippen LogP contribution in [0, 0.1) is 5.92 Å². The highest BCUT2D eigenvalue weighted by Gasteiger charge is 2.21. The fourth-order valence-electron chi connectivity index (χ4n) is 2.86. The molecule has 0 radical (unpaired) electrons. The van der Waals surface area contributed by atoms with E-state index in [9.17, 15) is 4.79 Å². The predicted molar refractivity (Wildman–Crippen MR) is 97.1 cm³/mol. The van der Waals surface area contributed by atoms with E-state index in [-0.39, 0.29) is 6.03 Å². The predicted octanol–water partition coefficient (Wildman–Crippen LogP) is 3.19. The van der Waals surface area contributed by atoms with Crippen LogP contribution in [0.1, 0.15) is 12.8 Å². The molecule has 1 aliphatic rings. The highest BCUT2D eigenvalue weighted by Crippen LogP contribution is 2.24. The summed E-state index contributed by atoms with van der Waals surface area (Å²) < 4.78 is 5.10. The number of carbonyl (C=O) groups is 1. The number of aromatic nitrogens is 1. The van der Waals surface area contributed by atoms with Crippen molar-refractivity contribution in [3.63, 3.8) is 0 Å². The Labute approximate surface area is 145 Å². The van der Waals surface area contributed by atoms with Gasteiger partial charge in [0.05, 0.1) is 7.11 Å². The number of carbonyl (C=O) groups excluding carboxylic acids is 1. The minimum absolute atomic E-state index is 0.175. The Balaban J connectivity index is 1.45. The van der Waals surface area contributed by atoms with Gasteiger partial charge in [-0.2, -0.15) is 0 Å². The topological polar surface area (TPSA) is 66.5 Å². The van der Waals surface area contributed by atoms with E-state index >= 15 is 0 Å². The highest BCUT2D eigenvalue weighted by atomic mass is 32.1. The molecule has 2 N–H and O–H groups in total. The third kappa shape index (κ3) is 4.38. The number of piperidine rings is 1. The summed E-state index contributed by atoms with van der Waals surface area (Å²) in [5.74, 6) is 1.22. The molecule has 0 bridgehead atoms. The van der Waals surface area contributed by atoms with Crippen molar-refractivity contribution in [3.8, 4) is 5.75 Å². The summed E-state index contributed by atoms with van der Waals surface area (Å²) in [7, 11) is 1.62. The molecule has 1 saturated heterocycles. The molecule has 1 atom stereocenters. The Kier molecular flexibility index (Phi) is 5.53. The van der Waals surface area contributed by atoms with Gasteiger partial charge >= 0.3 is 6.03 Å². The summed E-state index contributed by atoms with van der Waals surface area (Å²) in [5.41, 5.74) is 0.751. The molecule has 7 heteroatoms. The summed E-state index contributed by atoms with van der Waals surface area (Å²) in [6, 6.07) is 7.11. The fourth-order valence-corrected chi connectivity index (χ4v) is 3.54. The van der Waals surface area contributed by atoms with Gasteiger partial charge in [-0.1, -0.05) is 0 Å². The van der Waals surface area contributed by atoms with Crippen molar-refractivity contribution in [1.82, 2.24) is 10.3 Å². The number of urea groups is 1. The van der Waals surface area contributed by atoms with Gasteiger partial charge in [0.15, 0.2) is 5.13 Å². The first-order valence-electron chi connectivity index (χ1n) is 8.08. The number of ether oxygens (including phenoxy) is 1. The summed E-state index contributed by atoms with van der Waals surface area (Å²) in [4.78, 5) is 18.7. The molecule has 24 heavy (non-hydrogen) atoms. The Morgan fingerprint density at radius 3 is 2.96 bits per heavy atom. The number of benzene rings is 1. The molecule has 0 saturated carbocycles. The molecular formula is C17H22N4O2S. The van der Waals surface area contributed by atoms with Crippen molar-refractivity contribution in [3.05, 3.63) is 35.8 Å². The van der Waals surface area contributed by atoms with E-state index in [2.05, 4.69) is 20.5 Å². The molecule has 128 valence electrons. The van der Waals surface area contributed by atoms with E-state index in [0.29, 0.717) is 12.5 Å². The van der Waals surface area contributed by atoms with Gasteiger partial charge in [0.1, 0.15) is 5.75 Å². The van der Waals surface area contributed by atoms with Crippen LogP contribution in [0.3, 0.4) is 0 Å². The maximum Gasteiger partial charge on any atom is 0.319 e. The standard InChI is InChI=1S/C17H22N4O2S/c1-23-15-6-4-14(5-7-15)20-16(22)19-11-13-3-2-9-21(12-13)17-18-8-10-24-17/h4-8,10,13H,2-3,9,11-12H2,1H3,(H2,19,20,22). The van der Waals surface area contributed by atoms with Crippen molar-refractivity contribution >= 4 is 28.2 Å². The minimum atomic E-state index is -0.175. The zero-order valence-electron chi connectivity index (χ0n) is 13.7. The lowest BCUT2D eigenvalue weighted by atomic mass is 9.98. The quantitative estimate of drug-likeness (QED) is 0.872. The lowest BCUT2D eigenvalue weighted by Gasteiger charge is -2.32. The molecule has 0 spiro atoms. The van der Waals surface area contributed by atoms with Crippen molar-refractivity contribution in [1.29, 1.82) is 0 Å². The van der Waals surface area contributed by atoms with Crippen molar-refractivity contribution in [2.45, 2.75) is 12.8 Å². The second-order valence-electron chi connectivity index (χ2n) is 5.83. The van der Waals surface area contributed by atoms with E-state index in [1.165, 1.54) is 0 Å². The molecule has 1 aromatic heterocycles. The smallest absolute Gasteiger partial charge is 0.319 e. The van der Waals surface area contributed by atoms with Crippen LogP contribution in [0.4, 0.5) is 15.6 Å². The molecule has 2 amide bonds. The normalized spacial score (nSPS) is 17.4. The van der Waals surface area contributed by atoms with Crippen LogP contribution in [-0.2, 0) is 0 Å². The van der Waals surface area contributed by atoms with E-state index in [4.69, 9.17) is 4.74 Å². The number of methoxy groups -OCH3 is 1. The summed E-state index contributed by atoms with van der Waals surface area (Å²) in [5, 5.41) is 8.88. The summed E-state index contributed by atoms with van der Waals surface area (Å²) in [6.07, 6.45) is 4.10. The van der Waals surface area contributed by atoms with Crippen LogP contribution in [0.2, 0.25) is 0 Å². The van der Waals surface area contributed by atoms with E-state index in [1.54, 1.807) is 18.4 Å². The number of amides is 2. The van der Waals surface area contributed by atoms with Crippen LogP contribution < -0.4 is 20.3 Å². The maximum atomic E-state index is 12.0. The van der Waals surface area contributed by atoms with E-state index in [0.717, 1.165) is 42.5 Å². The summed E-state index contributed by atoms with van der Waals surface area (Å²) >= 11 is 1.67. The Morgan fingerprint density at radius 1 is 1.42 bits per heavy atom. The Hall–Kier alpha value is -2.28. The summed E-state index contributed by atoms with van der Waals surface area (Å²) in [6.45, 7) is 2.66. The highest BCUT2D eigenvalue weighted by molar-refractivity contribution is 7.13. The molecular weight excluding hydrogens is 324 g/mol. The van der Waals surface area contributed by atoms with E-state index in [1.807, 2.05) is 35.8 Å². The van der Waals surface area contributed by atoms with Gasteiger partial charge in [-0.15, -0.1) is 11.3 Å². The van der Waals surface area contributed by atoms with Gasteiger partial charge in [0, 0.05) is 36.9 Å². The van der Waals surface area contributed by atoms with Crippen LogP contribution in [0.15, 0.2) is 35.8 Å². The van der Waals surface area contributed by atoms with Crippen molar-refractivity contribution < 1.29 is 9.53 Å². The largest absolute Gasteiger partial charge is 0.497 e. The molecule has 2 heterocycles. The SMILES string of the molecule is COc1ccc(NC(=O)NCC2CCCN(c3nccs3)C2)cc1. The number of nitrogens with one attached hydrogen (secondary N) is 2. The molecule has 3 rings (SSSR count). The minimum Gasteiger partial charge on any atom is -0.497 e. The molecule has 1 unspecified atom stereocenters. The van der Waals surface area contributed by atoms with Gasteiger partial charge in [-0.25, -0.2) is 9.78 Å². The van der Waals surface area contributed by atoms with Gasteiger partial charge in [-0.05, 0) is 43.0 Å². The molecule has 1 aromatic carbocycles. The Morgan fingerprint density at radius 2 is 2.25 bits per heavy atom. The number of nitrogens with zero attached hydrogens (tertiary/aromatic N) is 2. The maximum absolute atomic E-state index is 12.0. The average Bonchev–Trinajstić information content (AvgIpc) is 3.16. The molecule has 1 aliphatic heterocycles. The first-order valence-corrected chi connectivity index (χ1v) is 8.96. The van der Waals surface area contributed by atoms with Gasteiger partial charge in [0.2, 0.25) is 0 Å². The van der Waals surface area contributed by atoms with Crippen LogP contribution in [0.5, 0.6) is 5.75 Å². The lowest BCUT2D eigenvalue weighted by Crippen LogP contribution is -2.42. The van der Waals surface area contributed by atoms with E-state index < -0.39 is 0 Å². The van der Waals surface area contributed by atoms with Crippen molar-refractivity contribution in [2.24, 2.45) is 5.92 Å². The number of rotatable bonds is 5. The third-order valence-electron chi connectivity index (χ3n) is 4.11. The second kappa shape index (κ2) is 8.01. The number of hydrogen-bond donors (Lipinski definition) is 2. The average molecular weight is 346 g/mol. The number of hydrogen-bond acceptors (Lipinski definition) is 5. The Bertz CT molecular complexity index is 645. The molecule has 1 fully saturated rings. The number of anilines is 2. The monoisotopic (exact) mass is 346 g/mol. The third-order valence-corrected chi connectivity index (χ3v) is 4.94. The second-order valence-corrected chi connectivity index (χ2v) is 6.71. The molecule has 2 aromatic rings. The van der Waals surface area contributed by atoms with Gasteiger partial charge in [0.25, 0.3) is 0 Å². The van der Waals surface area contributed by atoms with Gasteiger partial charge in [-0.3, -0.25) is 0 Å². The van der Waals surface area contributed by atoms with Crippen LogP contribution in [0.25, 0.3) is 0 Å². The van der Waals surface area contributed by atoms with Crippen LogP contribution >= 0.6 is 11.3 Å². The van der Waals surface area contributed by atoms with Crippen molar-refractivity contribution in [2.75, 3.05) is 37.0 Å². The fraction of sp³-hybridized carbons (Fsp3) is 0.412. The zero-order valence-corrected chi connectivity index (χ0v) is 14.5. The number of thiazole rings is 1. The molecule has 0 aliphatic carbocycles. The van der Waals surface area contributed by atoms with Crippen LogP contribution in [-0.4, -0.2) is 37.8 Å². The first kappa shape index (κ1) is 16.6. The first-order chi connectivity index (χ1) is 11.7. The zero-order chi connectivity index (χ0) is 16.8. The van der Waals surface area contributed by atoms with Gasteiger partial charge < -0.3 is 20.3 Å².